The summed E-state index contributed by atoms with van der Waals surface area (Å²) in [6, 6.07) is 14.1. The largest absolute Gasteiger partial charge is 0.494 e. The zero-order chi connectivity index (χ0) is 26.0. The van der Waals surface area contributed by atoms with Gasteiger partial charge < -0.3 is 13.9 Å². The van der Waals surface area contributed by atoms with Gasteiger partial charge in [0.15, 0.2) is 0 Å². The highest BCUT2D eigenvalue weighted by atomic mass is 32.2. The molecule has 0 atom stereocenters. The number of aryl methyl sites for hydroxylation is 2. The van der Waals surface area contributed by atoms with Crippen LogP contribution in [-0.2, 0) is 35.4 Å². The molecule has 0 amide bonds. The Balaban J connectivity index is 1.78. The first-order valence-electron chi connectivity index (χ1n) is 11.3. The van der Waals surface area contributed by atoms with Crippen LogP contribution in [0.15, 0.2) is 68.7 Å². The van der Waals surface area contributed by atoms with Crippen LogP contribution in [0.1, 0.15) is 30.2 Å². The SMILES string of the molecule is CCOC(=O)c1ccc(CN(c2ccc(OCC)cc2)S(=O)(=O)c2ccc3c(c2)n(C)c(=O)n3C)o1. The molecule has 0 saturated carbocycles. The standard InChI is InChI=1S/C25H27N3O7S/c1-5-33-18-9-7-17(8-10-18)28(16-19-11-14-23(35-19)24(29)34-6-2)36(31,32)20-12-13-21-22(15-20)27(4)25(30)26(21)3/h7-15H,5-6,16H2,1-4H3. The first-order valence-corrected chi connectivity index (χ1v) is 12.8. The number of aromatic nitrogens is 2. The molecule has 0 fully saturated rings. The maximum absolute atomic E-state index is 13.9. The fraction of sp³-hybridized carbons (Fsp3) is 0.280. The van der Waals surface area contributed by atoms with Crippen LogP contribution in [0.2, 0.25) is 0 Å². The predicted octanol–water partition coefficient (Wildman–Crippen LogP) is 3.44. The maximum atomic E-state index is 13.9. The molecule has 36 heavy (non-hydrogen) atoms. The molecule has 190 valence electrons. The summed E-state index contributed by atoms with van der Waals surface area (Å²) in [6.45, 7) is 4.02. The zero-order valence-corrected chi connectivity index (χ0v) is 21.2. The number of esters is 1. The fourth-order valence-corrected chi connectivity index (χ4v) is 5.33. The van der Waals surface area contributed by atoms with Gasteiger partial charge >= 0.3 is 11.7 Å². The third-order valence-electron chi connectivity index (χ3n) is 5.70. The van der Waals surface area contributed by atoms with Gasteiger partial charge in [0.05, 0.1) is 41.4 Å². The van der Waals surface area contributed by atoms with Gasteiger partial charge in [-0.05, 0) is 68.4 Å². The number of carbonyl (C=O) groups excluding carboxylic acids is 1. The van der Waals surface area contributed by atoms with Crippen LogP contribution in [-0.4, -0.2) is 36.7 Å². The number of sulfonamides is 1. The van der Waals surface area contributed by atoms with E-state index in [1.165, 1.54) is 37.7 Å². The van der Waals surface area contributed by atoms with E-state index in [0.717, 1.165) is 0 Å². The summed E-state index contributed by atoms with van der Waals surface area (Å²) in [6.07, 6.45) is 0. The summed E-state index contributed by atoms with van der Waals surface area (Å²) < 4.78 is 47.9. The van der Waals surface area contributed by atoms with Crippen molar-refractivity contribution in [3.05, 3.63) is 76.6 Å². The summed E-state index contributed by atoms with van der Waals surface area (Å²) in [4.78, 5) is 24.4. The van der Waals surface area contributed by atoms with Crippen molar-refractivity contribution >= 4 is 32.7 Å². The summed E-state index contributed by atoms with van der Waals surface area (Å²) >= 11 is 0. The van der Waals surface area contributed by atoms with Gasteiger partial charge in [-0.2, -0.15) is 0 Å². The highest BCUT2D eigenvalue weighted by Crippen LogP contribution is 2.29. The Morgan fingerprint density at radius 1 is 0.944 bits per heavy atom. The van der Waals surface area contributed by atoms with E-state index in [-0.39, 0.29) is 35.3 Å². The molecule has 0 spiro atoms. The van der Waals surface area contributed by atoms with Crippen LogP contribution >= 0.6 is 0 Å². The average molecular weight is 514 g/mol. The number of imidazole rings is 1. The number of ether oxygens (including phenoxy) is 2. The van der Waals surface area contributed by atoms with Gasteiger partial charge in [0.1, 0.15) is 11.5 Å². The number of fused-ring (bicyclic) bond motifs is 1. The Labute approximate surface area is 208 Å². The number of hydrogen-bond donors (Lipinski definition) is 0. The van der Waals surface area contributed by atoms with Gasteiger partial charge in [-0.1, -0.05) is 0 Å². The van der Waals surface area contributed by atoms with Gasteiger partial charge in [-0.25, -0.2) is 18.0 Å². The van der Waals surface area contributed by atoms with E-state index in [1.54, 1.807) is 51.4 Å². The second-order valence-corrected chi connectivity index (χ2v) is 9.84. The molecule has 0 radical (unpaired) electrons. The normalized spacial score (nSPS) is 11.6. The van der Waals surface area contributed by atoms with Crippen molar-refractivity contribution in [3.63, 3.8) is 0 Å². The molecule has 0 N–H and O–H groups in total. The zero-order valence-electron chi connectivity index (χ0n) is 20.4. The van der Waals surface area contributed by atoms with Crippen molar-refractivity contribution in [1.82, 2.24) is 9.13 Å². The maximum Gasteiger partial charge on any atom is 0.374 e. The molecule has 0 aliphatic heterocycles. The smallest absolute Gasteiger partial charge is 0.374 e. The average Bonchev–Trinajstić information content (AvgIpc) is 3.43. The summed E-state index contributed by atoms with van der Waals surface area (Å²) in [5.74, 6) is 0.205. The fourth-order valence-electron chi connectivity index (χ4n) is 3.88. The minimum Gasteiger partial charge on any atom is -0.494 e. The molecule has 0 aliphatic rings. The van der Waals surface area contributed by atoms with E-state index in [1.807, 2.05) is 6.92 Å². The van der Waals surface area contributed by atoms with Crippen LogP contribution in [0.5, 0.6) is 5.75 Å². The molecule has 11 heteroatoms. The summed E-state index contributed by atoms with van der Waals surface area (Å²) in [5.41, 5.74) is 1.21. The third-order valence-corrected chi connectivity index (χ3v) is 7.47. The third kappa shape index (κ3) is 4.61. The Kier molecular flexibility index (Phi) is 6.93. The summed E-state index contributed by atoms with van der Waals surface area (Å²) in [5, 5.41) is 0. The molecule has 0 bridgehead atoms. The van der Waals surface area contributed by atoms with E-state index >= 15 is 0 Å². The number of rotatable bonds is 9. The number of hydrogen-bond acceptors (Lipinski definition) is 7. The van der Waals surface area contributed by atoms with Crippen molar-refractivity contribution < 1.29 is 27.1 Å². The Morgan fingerprint density at radius 2 is 1.64 bits per heavy atom. The van der Waals surface area contributed by atoms with Crippen LogP contribution in [0.3, 0.4) is 0 Å². The van der Waals surface area contributed by atoms with E-state index in [0.29, 0.717) is 29.1 Å². The Morgan fingerprint density at radius 3 is 2.31 bits per heavy atom. The molecule has 2 aromatic heterocycles. The van der Waals surface area contributed by atoms with E-state index in [4.69, 9.17) is 13.9 Å². The van der Waals surface area contributed by atoms with Gasteiger partial charge in [0.2, 0.25) is 5.76 Å². The topological polar surface area (TPSA) is 113 Å². The lowest BCUT2D eigenvalue weighted by molar-refractivity contribution is 0.0488. The second-order valence-electron chi connectivity index (χ2n) is 7.98. The van der Waals surface area contributed by atoms with E-state index in [2.05, 4.69) is 0 Å². The molecular formula is C25H27N3O7S. The van der Waals surface area contributed by atoms with Crippen molar-refractivity contribution in [2.24, 2.45) is 14.1 Å². The predicted molar refractivity (Wildman–Crippen MR) is 134 cm³/mol. The van der Waals surface area contributed by atoms with Gasteiger partial charge in [0, 0.05) is 14.1 Å². The first-order chi connectivity index (χ1) is 17.2. The monoisotopic (exact) mass is 513 g/mol. The molecule has 4 aromatic rings. The van der Waals surface area contributed by atoms with Crippen LogP contribution in [0, 0.1) is 0 Å². The van der Waals surface area contributed by atoms with Crippen molar-refractivity contribution in [3.8, 4) is 5.75 Å². The molecule has 4 rings (SSSR count). The highest BCUT2D eigenvalue weighted by molar-refractivity contribution is 7.92. The molecule has 0 saturated heterocycles. The molecule has 0 aliphatic carbocycles. The molecule has 2 heterocycles. The van der Waals surface area contributed by atoms with Crippen molar-refractivity contribution in [2.75, 3.05) is 17.5 Å². The van der Waals surface area contributed by atoms with Gasteiger partial charge in [0.25, 0.3) is 10.0 Å². The minimum atomic E-state index is -4.12. The summed E-state index contributed by atoms with van der Waals surface area (Å²) in [7, 11) is -0.902. The number of benzene rings is 2. The van der Waals surface area contributed by atoms with Gasteiger partial charge in [-0.15, -0.1) is 0 Å². The first kappa shape index (κ1) is 25.1. The Hall–Kier alpha value is -3.99. The second kappa shape index (κ2) is 9.94. The van der Waals surface area contributed by atoms with E-state index < -0.39 is 16.0 Å². The minimum absolute atomic E-state index is 0.00209. The van der Waals surface area contributed by atoms with Crippen LogP contribution in [0.4, 0.5) is 5.69 Å². The highest BCUT2D eigenvalue weighted by Gasteiger charge is 2.28. The molecule has 10 nitrogen and oxygen atoms in total. The van der Waals surface area contributed by atoms with Crippen LogP contribution in [0.25, 0.3) is 11.0 Å². The van der Waals surface area contributed by atoms with Gasteiger partial charge in [-0.3, -0.25) is 13.4 Å². The lowest BCUT2D eigenvalue weighted by atomic mass is 10.3. The number of nitrogens with zero attached hydrogens (tertiary/aromatic N) is 3. The number of furan rings is 1. The lowest BCUT2D eigenvalue weighted by Crippen LogP contribution is -2.30. The van der Waals surface area contributed by atoms with Crippen molar-refractivity contribution in [1.29, 1.82) is 0 Å². The number of carbonyl (C=O) groups is 1. The van der Waals surface area contributed by atoms with E-state index in [9.17, 15) is 18.0 Å². The van der Waals surface area contributed by atoms with Crippen molar-refractivity contribution in [2.45, 2.75) is 25.3 Å². The lowest BCUT2D eigenvalue weighted by Gasteiger charge is -2.24. The number of anilines is 1. The van der Waals surface area contributed by atoms with Crippen LogP contribution < -0.4 is 14.7 Å². The molecule has 0 unspecified atom stereocenters. The Bertz CT molecular complexity index is 1560. The molecular weight excluding hydrogens is 486 g/mol. The quantitative estimate of drug-likeness (QED) is 0.315. The molecule has 2 aromatic carbocycles.